The molecule has 124 valence electrons. The molecule has 6 heteroatoms. The Bertz CT molecular complexity index is 818. The molecule has 3 rings (SSSR count). The van der Waals surface area contributed by atoms with Gasteiger partial charge in [-0.3, -0.25) is 4.79 Å². The van der Waals surface area contributed by atoms with Crippen LogP contribution in [0.1, 0.15) is 18.5 Å². The monoisotopic (exact) mass is 343 g/mol. The molecule has 0 aliphatic rings. The Balaban J connectivity index is 1.40. The van der Waals surface area contributed by atoms with Crippen LogP contribution in [0.15, 0.2) is 54.9 Å². The first-order valence-corrected chi connectivity index (χ1v) is 8.16. The molecule has 0 saturated heterocycles. The molecule has 1 N–H and O–H groups in total. The molecule has 0 bridgehead atoms. The van der Waals surface area contributed by atoms with E-state index in [1.165, 1.54) is 0 Å². The van der Waals surface area contributed by atoms with Gasteiger partial charge in [0, 0.05) is 23.8 Å². The van der Waals surface area contributed by atoms with Crippen molar-refractivity contribution >= 4 is 23.2 Å². The van der Waals surface area contributed by atoms with Crippen LogP contribution in [0.5, 0.6) is 5.75 Å². The molecular formula is C18H18ClN3O2. The number of amides is 1. The van der Waals surface area contributed by atoms with E-state index in [0.717, 1.165) is 17.1 Å². The predicted molar refractivity (Wildman–Crippen MR) is 93.2 cm³/mol. The molecule has 3 aromatic rings. The number of imidazole rings is 1. The number of hydrogen-bond donors (Lipinski definition) is 1. The van der Waals surface area contributed by atoms with Crippen molar-refractivity contribution in [3.63, 3.8) is 0 Å². The van der Waals surface area contributed by atoms with E-state index in [1.54, 1.807) is 12.1 Å². The minimum atomic E-state index is -0.0123. The number of fused-ring (bicyclic) bond motifs is 1. The van der Waals surface area contributed by atoms with E-state index in [1.807, 2.05) is 47.1 Å². The van der Waals surface area contributed by atoms with Crippen molar-refractivity contribution in [2.75, 3.05) is 6.61 Å². The van der Waals surface area contributed by atoms with Crippen LogP contribution in [0.3, 0.4) is 0 Å². The predicted octanol–water partition coefficient (Wildman–Crippen LogP) is 3.46. The molecular weight excluding hydrogens is 326 g/mol. The van der Waals surface area contributed by atoms with Crippen LogP contribution in [0.4, 0.5) is 0 Å². The van der Waals surface area contributed by atoms with E-state index in [0.29, 0.717) is 31.0 Å². The van der Waals surface area contributed by atoms with E-state index in [2.05, 4.69) is 10.3 Å². The van der Waals surface area contributed by atoms with Gasteiger partial charge in [0.15, 0.2) is 0 Å². The highest BCUT2D eigenvalue weighted by Gasteiger charge is 2.05. The topological polar surface area (TPSA) is 55.6 Å². The number of aromatic nitrogens is 2. The van der Waals surface area contributed by atoms with Crippen molar-refractivity contribution in [1.29, 1.82) is 0 Å². The fraction of sp³-hybridized carbons (Fsp3) is 0.222. The lowest BCUT2D eigenvalue weighted by Crippen LogP contribution is -2.23. The molecule has 0 atom stereocenters. The second-order valence-electron chi connectivity index (χ2n) is 5.38. The molecule has 0 radical (unpaired) electrons. The van der Waals surface area contributed by atoms with Gasteiger partial charge in [-0.25, -0.2) is 4.98 Å². The highest BCUT2D eigenvalue weighted by molar-refractivity contribution is 6.30. The minimum absolute atomic E-state index is 0.0123. The molecule has 2 heterocycles. The smallest absolute Gasteiger partial charge is 0.220 e. The maximum Gasteiger partial charge on any atom is 0.220 e. The lowest BCUT2D eigenvalue weighted by molar-refractivity contribution is -0.121. The molecule has 2 aromatic heterocycles. The van der Waals surface area contributed by atoms with Crippen LogP contribution in [0.25, 0.3) is 5.65 Å². The summed E-state index contributed by atoms with van der Waals surface area (Å²) in [5, 5.41) is 3.51. The number of benzene rings is 1. The molecule has 0 fully saturated rings. The number of nitrogens with zero attached hydrogens (tertiary/aromatic N) is 2. The number of ether oxygens (including phenoxy) is 1. The molecule has 0 spiro atoms. The number of carbonyl (C=O) groups excluding carboxylic acids is 1. The van der Waals surface area contributed by atoms with Crippen molar-refractivity contribution in [2.45, 2.75) is 19.4 Å². The number of rotatable bonds is 7. The third-order valence-corrected chi connectivity index (χ3v) is 3.73. The Hall–Kier alpha value is -2.53. The lowest BCUT2D eigenvalue weighted by Gasteiger charge is -2.06. The quantitative estimate of drug-likeness (QED) is 0.668. The number of para-hydroxylation sites is 1. The van der Waals surface area contributed by atoms with Crippen LogP contribution in [-0.4, -0.2) is 21.9 Å². The molecule has 0 saturated carbocycles. The van der Waals surface area contributed by atoms with E-state index >= 15 is 0 Å². The molecule has 0 aliphatic carbocycles. The second-order valence-corrected chi connectivity index (χ2v) is 5.82. The zero-order valence-corrected chi connectivity index (χ0v) is 13.9. The third kappa shape index (κ3) is 4.49. The van der Waals surface area contributed by atoms with Gasteiger partial charge in [0.2, 0.25) is 5.91 Å². The number of nitrogens with one attached hydrogen (secondary N) is 1. The van der Waals surface area contributed by atoms with Crippen LogP contribution in [0.2, 0.25) is 5.02 Å². The van der Waals surface area contributed by atoms with E-state index in [4.69, 9.17) is 16.3 Å². The number of hydrogen-bond acceptors (Lipinski definition) is 3. The summed E-state index contributed by atoms with van der Waals surface area (Å²) < 4.78 is 7.44. The zero-order chi connectivity index (χ0) is 16.8. The maximum atomic E-state index is 11.9. The number of halogens is 1. The van der Waals surface area contributed by atoms with Crippen LogP contribution in [-0.2, 0) is 11.3 Å². The van der Waals surface area contributed by atoms with Gasteiger partial charge in [-0.15, -0.1) is 0 Å². The Morgan fingerprint density at radius 2 is 2.08 bits per heavy atom. The van der Waals surface area contributed by atoms with Gasteiger partial charge in [-0.2, -0.15) is 0 Å². The summed E-state index contributed by atoms with van der Waals surface area (Å²) in [6, 6.07) is 13.2. The average Bonchev–Trinajstić information content (AvgIpc) is 3.00. The fourth-order valence-electron chi connectivity index (χ4n) is 2.31. The summed E-state index contributed by atoms with van der Waals surface area (Å²) in [7, 11) is 0. The standard InChI is InChI=1S/C18H18ClN3O2/c19-14-8-9-22-13-15(21-17(22)11-14)12-20-18(23)7-4-10-24-16-5-2-1-3-6-16/h1-3,5-6,8-9,11,13H,4,7,10,12H2,(H,20,23). The maximum absolute atomic E-state index is 11.9. The van der Waals surface area contributed by atoms with Gasteiger partial charge in [-0.1, -0.05) is 29.8 Å². The first kappa shape index (κ1) is 16.3. The summed E-state index contributed by atoms with van der Waals surface area (Å²) in [6.45, 7) is 0.919. The number of pyridine rings is 1. The van der Waals surface area contributed by atoms with E-state index < -0.39 is 0 Å². The zero-order valence-electron chi connectivity index (χ0n) is 13.1. The van der Waals surface area contributed by atoms with Crippen molar-refractivity contribution in [1.82, 2.24) is 14.7 Å². The molecule has 0 unspecified atom stereocenters. The summed E-state index contributed by atoms with van der Waals surface area (Å²) in [5.41, 5.74) is 1.56. The number of carbonyl (C=O) groups is 1. The van der Waals surface area contributed by atoms with Gasteiger partial charge >= 0.3 is 0 Å². The highest BCUT2D eigenvalue weighted by Crippen LogP contribution is 2.12. The van der Waals surface area contributed by atoms with Crippen LogP contribution >= 0.6 is 11.6 Å². The largest absolute Gasteiger partial charge is 0.494 e. The Kier molecular flexibility index (Phi) is 5.33. The van der Waals surface area contributed by atoms with Crippen molar-refractivity contribution in [3.8, 4) is 5.75 Å². The molecule has 1 amide bonds. The summed E-state index contributed by atoms with van der Waals surface area (Å²) in [6.07, 6.45) is 4.81. The van der Waals surface area contributed by atoms with Gasteiger partial charge in [-0.05, 0) is 30.7 Å². The molecule has 1 aromatic carbocycles. The molecule has 0 aliphatic heterocycles. The third-order valence-electron chi connectivity index (χ3n) is 3.50. The van der Waals surface area contributed by atoms with Crippen molar-refractivity contribution in [3.05, 3.63) is 65.6 Å². The van der Waals surface area contributed by atoms with Crippen LogP contribution in [0, 0.1) is 0 Å². The van der Waals surface area contributed by atoms with Crippen molar-refractivity contribution < 1.29 is 9.53 Å². The highest BCUT2D eigenvalue weighted by atomic mass is 35.5. The average molecular weight is 344 g/mol. The Morgan fingerprint density at radius 3 is 2.92 bits per heavy atom. The van der Waals surface area contributed by atoms with E-state index in [9.17, 15) is 4.79 Å². The van der Waals surface area contributed by atoms with Gasteiger partial charge in [0.05, 0.1) is 18.8 Å². The fourth-order valence-corrected chi connectivity index (χ4v) is 2.47. The Labute approximate surface area is 145 Å². The van der Waals surface area contributed by atoms with Gasteiger partial charge in [0.1, 0.15) is 11.4 Å². The van der Waals surface area contributed by atoms with Gasteiger partial charge in [0.25, 0.3) is 0 Å². The lowest BCUT2D eigenvalue weighted by atomic mass is 10.3. The van der Waals surface area contributed by atoms with Crippen molar-refractivity contribution in [2.24, 2.45) is 0 Å². The minimum Gasteiger partial charge on any atom is -0.494 e. The summed E-state index contributed by atoms with van der Waals surface area (Å²) in [4.78, 5) is 16.3. The Morgan fingerprint density at radius 1 is 1.25 bits per heavy atom. The normalized spacial score (nSPS) is 10.7. The second kappa shape index (κ2) is 7.84. The first-order valence-electron chi connectivity index (χ1n) is 7.78. The summed E-state index contributed by atoms with van der Waals surface area (Å²) >= 11 is 5.94. The van der Waals surface area contributed by atoms with Crippen LogP contribution < -0.4 is 10.1 Å². The summed E-state index contributed by atoms with van der Waals surface area (Å²) in [5.74, 6) is 0.808. The molecule has 24 heavy (non-hydrogen) atoms. The SMILES string of the molecule is O=C(CCCOc1ccccc1)NCc1cn2ccc(Cl)cc2n1. The van der Waals surface area contributed by atoms with E-state index in [-0.39, 0.29) is 5.91 Å². The molecule has 5 nitrogen and oxygen atoms in total. The first-order chi connectivity index (χ1) is 11.7. The van der Waals surface area contributed by atoms with Gasteiger partial charge < -0.3 is 14.5 Å².